The van der Waals surface area contributed by atoms with E-state index in [1.54, 1.807) is 6.07 Å². The first-order valence-corrected chi connectivity index (χ1v) is 4.52. The highest BCUT2D eigenvalue weighted by molar-refractivity contribution is 6.16. The van der Waals surface area contributed by atoms with Gasteiger partial charge in [-0.05, 0) is 6.07 Å². The lowest BCUT2D eigenvalue weighted by molar-refractivity contribution is 0.149. The van der Waals surface area contributed by atoms with Gasteiger partial charge >= 0.3 is 0 Å². The molecule has 0 aliphatic heterocycles. The molecule has 0 fully saturated rings. The number of aromatic nitrogens is 1. The average molecular weight is 235 g/mol. The predicted octanol–water partition coefficient (Wildman–Crippen LogP) is 2.96. The van der Waals surface area contributed by atoms with Crippen LogP contribution in [0, 0.1) is 17.3 Å². The fourth-order valence-corrected chi connectivity index (χ4v) is 1.27. The average Bonchev–Trinajstić information content (AvgIpc) is 2.20. The van der Waals surface area contributed by atoms with Gasteiger partial charge in [0.1, 0.15) is 0 Å². The molecule has 80 valence electrons. The molecule has 0 spiro atoms. The van der Waals surface area contributed by atoms with Crippen LogP contribution in [0.25, 0.3) is 0 Å². The second kappa shape index (κ2) is 4.99. The van der Waals surface area contributed by atoms with E-state index in [-0.39, 0.29) is 17.1 Å². The molecule has 0 saturated carbocycles. The maximum atomic E-state index is 13.2. The maximum Gasteiger partial charge on any atom is 0.264 e. The third-order valence-corrected chi connectivity index (χ3v) is 2.06. The quantitative estimate of drug-likeness (QED) is 0.596. The molecule has 0 atom stereocenters. The van der Waals surface area contributed by atoms with Crippen molar-refractivity contribution in [3.63, 3.8) is 0 Å². The largest absolute Gasteiger partial charge is 0.264 e. The summed E-state index contributed by atoms with van der Waals surface area (Å²) in [4.78, 5) is 3.37. The third-order valence-electron chi connectivity index (χ3n) is 1.79. The second-order valence-corrected chi connectivity index (χ2v) is 3.01. The minimum atomic E-state index is -2.84. The molecule has 0 aliphatic rings. The van der Waals surface area contributed by atoms with Crippen molar-refractivity contribution < 1.29 is 13.2 Å². The molecule has 6 heteroatoms. The standard InChI is InChI=1S/C9H6ClF3N2/c10-4-5-3-7(8(11)12)6(1-2-14)9(13)15-5/h3,8H,1,4H2. The molecule has 2 nitrogen and oxygen atoms in total. The minimum absolute atomic E-state index is 0.0335. The van der Waals surface area contributed by atoms with Gasteiger partial charge in [0.15, 0.2) is 0 Å². The smallest absolute Gasteiger partial charge is 0.223 e. The number of hydrogen-bond donors (Lipinski definition) is 0. The number of nitriles is 1. The molecule has 0 N–H and O–H groups in total. The molecular formula is C9H6ClF3N2. The van der Waals surface area contributed by atoms with E-state index in [2.05, 4.69) is 4.98 Å². The number of nitrogens with zero attached hydrogens (tertiary/aromatic N) is 2. The Bertz CT molecular complexity index is 401. The second-order valence-electron chi connectivity index (χ2n) is 2.74. The molecule has 1 rings (SSSR count). The molecule has 0 aromatic carbocycles. The lowest BCUT2D eigenvalue weighted by Gasteiger charge is -2.08. The van der Waals surface area contributed by atoms with Gasteiger partial charge in [-0.3, -0.25) is 0 Å². The number of rotatable bonds is 3. The summed E-state index contributed by atoms with van der Waals surface area (Å²) in [7, 11) is 0. The van der Waals surface area contributed by atoms with Crippen LogP contribution in [-0.4, -0.2) is 4.98 Å². The Hall–Kier alpha value is -1.28. The van der Waals surface area contributed by atoms with E-state index in [4.69, 9.17) is 16.9 Å². The molecule has 1 aromatic heterocycles. The van der Waals surface area contributed by atoms with E-state index in [1.807, 2.05) is 0 Å². The van der Waals surface area contributed by atoms with Gasteiger partial charge in [0.25, 0.3) is 6.43 Å². The normalized spacial score (nSPS) is 10.4. The van der Waals surface area contributed by atoms with E-state index in [9.17, 15) is 13.2 Å². The highest BCUT2D eigenvalue weighted by atomic mass is 35.5. The van der Waals surface area contributed by atoms with Crippen LogP contribution in [0.15, 0.2) is 6.07 Å². The van der Waals surface area contributed by atoms with E-state index < -0.39 is 24.4 Å². The molecule has 0 amide bonds. The van der Waals surface area contributed by atoms with Gasteiger partial charge in [-0.25, -0.2) is 13.8 Å². The zero-order chi connectivity index (χ0) is 11.4. The topological polar surface area (TPSA) is 36.7 Å². The molecule has 1 aromatic rings. The predicted molar refractivity (Wildman–Crippen MR) is 48.0 cm³/mol. The lowest BCUT2D eigenvalue weighted by Crippen LogP contribution is -2.03. The van der Waals surface area contributed by atoms with Gasteiger partial charge in [0.2, 0.25) is 5.95 Å². The Morgan fingerprint density at radius 1 is 1.53 bits per heavy atom. The Kier molecular flexibility index (Phi) is 3.92. The zero-order valence-corrected chi connectivity index (χ0v) is 8.23. The summed E-state index contributed by atoms with van der Waals surface area (Å²) >= 11 is 5.37. The molecule has 1 heterocycles. The molecule has 0 unspecified atom stereocenters. The van der Waals surface area contributed by atoms with Crippen molar-refractivity contribution in [1.82, 2.24) is 4.98 Å². The van der Waals surface area contributed by atoms with Crippen molar-refractivity contribution in [2.45, 2.75) is 18.7 Å². The fraction of sp³-hybridized carbons (Fsp3) is 0.333. The molecule has 0 radical (unpaired) electrons. The van der Waals surface area contributed by atoms with E-state index in [1.165, 1.54) is 0 Å². The highest BCUT2D eigenvalue weighted by Crippen LogP contribution is 2.25. The highest BCUT2D eigenvalue weighted by Gasteiger charge is 2.18. The fourth-order valence-electron chi connectivity index (χ4n) is 1.13. The van der Waals surface area contributed by atoms with E-state index in [0.717, 1.165) is 6.07 Å². The number of hydrogen-bond acceptors (Lipinski definition) is 2. The maximum absolute atomic E-state index is 13.2. The first-order chi connectivity index (χ1) is 7.10. The number of pyridine rings is 1. The number of alkyl halides is 3. The van der Waals surface area contributed by atoms with Gasteiger partial charge in [-0.2, -0.15) is 9.65 Å². The Morgan fingerprint density at radius 2 is 2.20 bits per heavy atom. The van der Waals surface area contributed by atoms with Crippen LogP contribution in [0.1, 0.15) is 23.2 Å². The van der Waals surface area contributed by atoms with E-state index in [0.29, 0.717) is 0 Å². The van der Waals surface area contributed by atoms with Crippen molar-refractivity contribution in [1.29, 1.82) is 5.26 Å². The third kappa shape index (κ3) is 2.60. The van der Waals surface area contributed by atoms with Gasteiger partial charge < -0.3 is 0 Å². The Balaban J connectivity index is 3.30. The SMILES string of the molecule is N#CCc1c(C(F)F)cc(CCl)nc1F. The monoisotopic (exact) mass is 234 g/mol. The first-order valence-electron chi connectivity index (χ1n) is 3.99. The van der Waals surface area contributed by atoms with Gasteiger partial charge in [-0.1, -0.05) is 0 Å². The number of halogens is 4. The zero-order valence-electron chi connectivity index (χ0n) is 7.48. The Labute approximate surface area is 89.3 Å². The van der Waals surface area contributed by atoms with Crippen molar-refractivity contribution >= 4 is 11.6 Å². The van der Waals surface area contributed by atoms with Crippen LogP contribution in [0.4, 0.5) is 13.2 Å². The van der Waals surface area contributed by atoms with Crippen LogP contribution < -0.4 is 0 Å². The summed E-state index contributed by atoms with van der Waals surface area (Å²) in [6.07, 6.45) is -3.27. The van der Waals surface area contributed by atoms with Gasteiger partial charge in [-0.15, -0.1) is 11.6 Å². The van der Waals surface area contributed by atoms with Crippen LogP contribution in [-0.2, 0) is 12.3 Å². The summed E-state index contributed by atoms with van der Waals surface area (Å²) in [6.45, 7) is 0. The molecule has 0 bridgehead atoms. The molecule has 15 heavy (non-hydrogen) atoms. The molecule has 0 saturated heterocycles. The molecule has 0 aliphatic carbocycles. The summed E-state index contributed by atoms with van der Waals surface area (Å²) in [6, 6.07) is 2.63. The summed E-state index contributed by atoms with van der Waals surface area (Å²) in [5, 5.41) is 8.36. The molecular weight excluding hydrogens is 229 g/mol. The summed E-state index contributed by atoms with van der Waals surface area (Å²) in [5.74, 6) is -1.20. The minimum Gasteiger partial charge on any atom is -0.223 e. The van der Waals surface area contributed by atoms with Crippen molar-refractivity contribution in [2.75, 3.05) is 0 Å². The van der Waals surface area contributed by atoms with Crippen LogP contribution in [0.5, 0.6) is 0 Å². The van der Waals surface area contributed by atoms with Crippen molar-refractivity contribution in [3.05, 3.63) is 28.8 Å². The lowest BCUT2D eigenvalue weighted by atomic mass is 10.1. The van der Waals surface area contributed by atoms with Crippen molar-refractivity contribution in [3.8, 4) is 6.07 Å². The van der Waals surface area contributed by atoms with E-state index >= 15 is 0 Å². The summed E-state index contributed by atoms with van der Waals surface area (Å²) < 4.78 is 38.2. The van der Waals surface area contributed by atoms with Gasteiger partial charge in [0, 0.05) is 11.1 Å². The van der Waals surface area contributed by atoms with Crippen molar-refractivity contribution in [2.24, 2.45) is 0 Å². The van der Waals surface area contributed by atoms with Crippen LogP contribution >= 0.6 is 11.6 Å². The van der Waals surface area contributed by atoms with Crippen LogP contribution in [0.2, 0.25) is 0 Å². The summed E-state index contributed by atoms with van der Waals surface area (Å²) in [5.41, 5.74) is -0.841. The first kappa shape index (κ1) is 11.8. The van der Waals surface area contributed by atoms with Crippen LogP contribution in [0.3, 0.4) is 0 Å². The Morgan fingerprint density at radius 3 is 2.67 bits per heavy atom. The van der Waals surface area contributed by atoms with Gasteiger partial charge in [0.05, 0.1) is 24.1 Å².